The van der Waals surface area contributed by atoms with Gasteiger partial charge in [0.05, 0.1) is 30.1 Å². The smallest absolute Gasteiger partial charge is 0.401 e. The Morgan fingerprint density at radius 1 is 1.02 bits per heavy atom. The topological polar surface area (TPSA) is 84.6 Å². The lowest BCUT2D eigenvalue weighted by Gasteiger charge is -2.21. The Morgan fingerprint density at radius 3 is 2.58 bits per heavy atom. The minimum atomic E-state index is -4.35. The number of carboxylic acid groups (broad SMARTS) is 1. The van der Waals surface area contributed by atoms with Gasteiger partial charge < -0.3 is 24.6 Å². The molecule has 0 spiro atoms. The number of nitrogens with one attached hydrogen (secondary N) is 1. The van der Waals surface area contributed by atoms with Crippen molar-refractivity contribution in [3.05, 3.63) is 83.3 Å². The third-order valence-electron chi connectivity index (χ3n) is 8.43. The lowest BCUT2D eigenvalue weighted by Crippen LogP contribution is -2.28. The van der Waals surface area contributed by atoms with Gasteiger partial charge in [-0.2, -0.15) is 18.3 Å². The number of aromatic carboxylic acids is 1. The molecule has 3 aromatic carbocycles. The van der Waals surface area contributed by atoms with Gasteiger partial charge in [-0.05, 0) is 49.9 Å². The number of hydrogen-bond acceptors (Lipinski definition) is 5. The maximum absolute atomic E-state index is 13.0. The number of benzene rings is 3. The van der Waals surface area contributed by atoms with E-state index in [2.05, 4.69) is 15.3 Å². The summed E-state index contributed by atoms with van der Waals surface area (Å²) in [7, 11) is 3.78. The van der Waals surface area contributed by atoms with Crippen LogP contribution in [-0.4, -0.2) is 63.2 Å². The number of ether oxygens (including phenoxy) is 1. The van der Waals surface area contributed by atoms with Crippen molar-refractivity contribution in [1.82, 2.24) is 24.6 Å². The number of rotatable bonds is 9. The minimum absolute atomic E-state index is 0.0757. The van der Waals surface area contributed by atoms with E-state index in [1.54, 1.807) is 11.7 Å². The van der Waals surface area contributed by atoms with E-state index in [9.17, 15) is 23.1 Å². The molecule has 0 saturated heterocycles. The molecule has 236 valence electrons. The molecule has 1 aliphatic rings. The monoisotopic (exact) mass is 619 g/mol. The SMILES string of the molecule is CN1CCCn2c(C(=O)O)c(CCCOc3cccc4ccccc34)c3cccc(c32)-c2c(CNCC(F)(F)F)nn(C)c2C1. The highest BCUT2D eigenvalue weighted by molar-refractivity contribution is 6.04. The number of carbonyl (C=O) groups is 1. The van der Waals surface area contributed by atoms with Crippen molar-refractivity contribution in [2.24, 2.45) is 7.05 Å². The predicted octanol–water partition coefficient (Wildman–Crippen LogP) is 6.39. The summed E-state index contributed by atoms with van der Waals surface area (Å²) in [5, 5.41) is 20.6. The summed E-state index contributed by atoms with van der Waals surface area (Å²) in [6.07, 6.45) is -2.54. The van der Waals surface area contributed by atoms with Gasteiger partial charge in [-0.15, -0.1) is 0 Å². The van der Waals surface area contributed by atoms with Crippen LogP contribution in [0, 0.1) is 0 Å². The Balaban J connectivity index is 1.39. The van der Waals surface area contributed by atoms with Gasteiger partial charge >= 0.3 is 12.1 Å². The van der Waals surface area contributed by atoms with E-state index in [0.717, 1.165) is 56.2 Å². The normalized spacial score (nSPS) is 14.2. The second-order valence-electron chi connectivity index (χ2n) is 11.6. The lowest BCUT2D eigenvalue weighted by molar-refractivity contribution is -0.125. The number of halogens is 3. The molecule has 11 heteroatoms. The van der Waals surface area contributed by atoms with Crippen LogP contribution in [0.4, 0.5) is 13.2 Å². The van der Waals surface area contributed by atoms with Crippen molar-refractivity contribution in [2.45, 2.75) is 45.1 Å². The molecule has 0 atom stereocenters. The first-order chi connectivity index (χ1) is 21.6. The first-order valence-corrected chi connectivity index (χ1v) is 15.1. The van der Waals surface area contributed by atoms with Crippen molar-refractivity contribution in [2.75, 3.05) is 26.7 Å². The van der Waals surface area contributed by atoms with E-state index in [4.69, 9.17) is 4.74 Å². The first-order valence-electron chi connectivity index (χ1n) is 15.1. The molecule has 3 heterocycles. The van der Waals surface area contributed by atoms with Gasteiger partial charge in [-0.1, -0.05) is 54.6 Å². The quantitative estimate of drug-likeness (QED) is 0.186. The van der Waals surface area contributed by atoms with Crippen molar-refractivity contribution in [3.63, 3.8) is 0 Å². The number of hydrogen-bond donors (Lipinski definition) is 2. The van der Waals surface area contributed by atoms with Crippen molar-refractivity contribution >= 4 is 27.6 Å². The van der Waals surface area contributed by atoms with Crippen LogP contribution in [0.1, 0.15) is 40.3 Å². The molecule has 0 aliphatic carbocycles. The third-order valence-corrected chi connectivity index (χ3v) is 8.43. The number of aryl methyl sites for hydroxylation is 3. The van der Waals surface area contributed by atoms with Gasteiger partial charge in [0.2, 0.25) is 0 Å². The van der Waals surface area contributed by atoms with Gasteiger partial charge in [0.1, 0.15) is 11.4 Å². The second kappa shape index (κ2) is 12.6. The standard InChI is InChI=1S/C34H36F3N5O3/c1-40-16-8-17-42-31-24(12-6-13-26(31)30-27(19-38-21-34(35,36)37)39-41(2)28(30)20-40)25(32(42)33(43)44)14-7-18-45-29-15-5-10-22-9-3-4-11-23(22)29/h3-6,9-13,15,38H,7-8,14,16-21H2,1-2H3,(H,43,44). The molecule has 0 unspecified atom stereocenters. The summed E-state index contributed by atoms with van der Waals surface area (Å²) in [4.78, 5) is 15.0. The maximum Gasteiger partial charge on any atom is 0.401 e. The summed E-state index contributed by atoms with van der Waals surface area (Å²) in [5.74, 6) is -0.222. The van der Waals surface area contributed by atoms with E-state index in [0.29, 0.717) is 44.8 Å². The molecular weight excluding hydrogens is 583 g/mol. The van der Waals surface area contributed by atoms with E-state index in [1.807, 2.05) is 72.3 Å². The molecule has 6 rings (SSSR count). The zero-order valence-electron chi connectivity index (χ0n) is 25.3. The van der Waals surface area contributed by atoms with E-state index in [-0.39, 0.29) is 12.2 Å². The van der Waals surface area contributed by atoms with Gasteiger partial charge in [0, 0.05) is 48.6 Å². The zero-order valence-corrected chi connectivity index (χ0v) is 25.3. The molecule has 0 amide bonds. The summed E-state index contributed by atoms with van der Waals surface area (Å²) >= 11 is 0. The van der Waals surface area contributed by atoms with Crippen LogP contribution >= 0.6 is 0 Å². The molecule has 2 N–H and O–H groups in total. The Hall–Kier alpha value is -4.35. The van der Waals surface area contributed by atoms with E-state index >= 15 is 0 Å². The fourth-order valence-corrected chi connectivity index (χ4v) is 6.55. The Labute approximate surface area is 259 Å². The fourth-order valence-electron chi connectivity index (χ4n) is 6.55. The van der Waals surface area contributed by atoms with Crippen molar-refractivity contribution in [3.8, 4) is 16.9 Å². The first kappa shape index (κ1) is 30.7. The van der Waals surface area contributed by atoms with Crippen LogP contribution in [0.25, 0.3) is 32.8 Å². The number of aromatic nitrogens is 3. The molecule has 1 aliphatic heterocycles. The fraction of sp³-hybridized carbons (Fsp3) is 0.353. The Bertz CT molecular complexity index is 1850. The number of alkyl halides is 3. The summed E-state index contributed by atoms with van der Waals surface area (Å²) in [6.45, 7) is 0.955. The van der Waals surface area contributed by atoms with E-state index in [1.165, 1.54) is 0 Å². The molecule has 5 aromatic rings. The van der Waals surface area contributed by atoms with Gasteiger partial charge in [0.15, 0.2) is 0 Å². The average molecular weight is 620 g/mol. The molecule has 0 radical (unpaired) electrons. The summed E-state index contributed by atoms with van der Waals surface area (Å²) in [6, 6.07) is 19.7. The lowest BCUT2D eigenvalue weighted by atomic mass is 9.97. The second-order valence-corrected chi connectivity index (χ2v) is 11.6. The largest absolute Gasteiger partial charge is 0.493 e. The van der Waals surface area contributed by atoms with Gasteiger partial charge in [-0.3, -0.25) is 4.68 Å². The molecule has 0 bridgehead atoms. The Kier molecular flexibility index (Phi) is 8.56. The highest BCUT2D eigenvalue weighted by atomic mass is 19.4. The molecule has 8 nitrogen and oxygen atoms in total. The molecular formula is C34H36F3N5O3. The van der Waals surface area contributed by atoms with Crippen LogP contribution in [0.15, 0.2) is 60.7 Å². The minimum Gasteiger partial charge on any atom is -0.493 e. The van der Waals surface area contributed by atoms with Gasteiger partial charge in [0.25, 0.3) is 0 Å². The molecule has 0 fully saturated rings. The molecule has 0 saturated carbocycles. The van der Waals surface area contributed by atoms with Crippen molar-refractivity contribution < 1.29 is 27.8 Å². The summed E-state index contributed by atoms with van der Waals surface area (Å²) in [5.41, 5.74) is 4.63. The maximum atomic E-state index is 13.0. The van der Waals surface area contributed by atoms with Crippen molar-refractivity contribution in [1.29, 1.82) is 0 Å². The van der Waals surface area contributed by atoms with E-state index < -0.39 is 18.7 Å². The number of carboxylic acids is 1. The number of fused-ring (bicyclic) bond motifs is 3. The average Bonchev–Trinajstić information content (AvgIpc) is 3.48. The van der Waals surface area contributed by atoms with Crippen LogP contribution in [0.3, 0.4) is 0 Å². The molecule has 2 aromatic heterocycles. The highest BCUT2D eigenvalue weighted by Gasteiger charge is 2.30. The summed E-state index contributed by atoms with van der Waals surface area (Å²) < 4.78 is 48.8. The third kappa shape index (κ3) is 6.27. The Morgan fingerprint density at radius 2 is 1.78 bits per heavy atom. The highest BCUT2D eigenvalue weighted by Crippen LogP contribution is 2.39. The number of nitrogens with zero attached hydrogens (tertiary/aromatic N) is 4. The molecule has 45 heavy (non-hydrogen) atoms. The number of para-hydroxylation sites is 1. The van der Waals surface area contributed by atoms with Crippen LogP contribution in [-0.2, 0) is 33.1 Å². The van der Waals surface area contributed by atoms with Gasteiger partial charge in [-0.25, -0.2) is 4.79 Å². The predicted molar refractivity (Wildman–Crippen MR) is 168 cm³/mol. The zero-order chi connectivity index (χ0) is 31.7. The van der Waals surface area contributed by atoms with Crippen LogP contribution in [0.2, 0.25) is 0 Å². The van der Waals surface area contributed by atoms with Crippen LogP contribution < -0.4 is 10.1 Å². The van der Waals surface area contributed by atoms with Crippen LogP contribution in [0.5, 0.6) is 5.75 Å².